The molecule has 1 saturated heterocycles. The van der Waals surface area contributed by atoms with Gasteiger partial charge in [-0.1, -0.05) is 11.6 Å². The van der Waals surface area contributed by atoms with Gasteiger partial charge in [-0.3, -0.25) is 9.59 Å². The van der Waals surface area contributed by atoms with Gasteiger partial charge in [-0.05, 0) is 44.0 Å². The highest BCUT2D eigenvalue weighted by Crippen LogP contribution is 2.18. The average Bonchev–Trinajstić information content (AvgIpc) is 2.57. The average molecular weight is 373 g/mol. The minimum atomic E-state index is -0.562. The molecule has 1 aliphatic heterocycles. The standard InChI is InChI=1S/C17H22Cl2N2O3/c1-12(24-15-4-2-13(19)3-5-15)17(23)21-10-7-14(8-11-21)20-16(22)6-9-18/h2-5,12,14H,6-11H2,1H3,(H,20,22). The van der Waals surface area contributed by atoms with Gasteiger partial charge < -0.3 is 15.0 Å². The third-order valence-electron chi connectivity index (χ3n) is 3.97. The van der Waals surface area contributed by atoms with E-state index < -0.39 is 6.10 Å². The highest BCUT2D eigenvalue weighted by molar-refractivity contribution is 6.30. The number of nitrogens with zero attached hydrogens (tertiary/aromatic N) is 1. The summed E-state index contributed by atoms with van der Waals surface area (Å²) in [6.07, 6.45) is 1.25. The maximum atomic E-state index is 12.5. The number of alkyl halides is 1. The molecule has 0 aromatic heterocycles. The number of likely N-dealkylation sites (tertiary alicyclic amines) is 1. The van der Waals surface area contributed by atoms with E-state index in [1.807, 2.05) is 0 Å². The van der Waals surface area contributed by atoms with Crippen molar-refractivity contribution < 1.29 is 14.3 Å². The molecule has 1 aromatic rings. The number of rotatable bonds is 6. The Morgan fingerprint density at radius 1 is 1.29 bits per heavy atom. The number of benzene rings is 1. The first-order chi connectivity index (χ1) is 11.5. The van der Waals surface area contributed by atoms with Crippen molar-refractivity contribution in [1.82, 2.24) is 10.2 Å². The Morgan fingerprint density at radius 3 is 2.50 bits per heavy atom. The Bertz CT molecular complexity index is 557. The number of piperidine rings is 1. The zero-order valence-electron chi connectivity index (χ0n) is 13.6. The molecule has 1 aliphatic rings. The lowest BCUT2D eigenvalue weighted by atomic mass is 10.0. The monoisotopic (exact) mass is 372 g/mol. The summed E-state index contributed by atoms with van der Waals surface area (Å²) < 4.78 is 5.67. The van der Waals surface area contributed by atoms with Crippen LogP contribution in [0.3, 0.4) is 0 Å². The molecule has 132 valence electrons. The summed E-state index contributed by atoms with van der Waals surface area (Å²) >= 11 is 11.4. The molecule has 1 fully saturated rings. The van der Waals surface area contributed by atoms with Crippen LogP contribution in [0.25, 0.3) is 0 Å². The molecule has 7 heteroatoms. The predicted octanol–water partition coefficient (Wildman–Crippen LogP) is 2.84. The number of halogens is 2. The molecule has 0 radical (unpaired) electrons. The summed E-state index contributed by atoms with van der Waals surface area (Å²) in [6, 6.07) is 7.04. The first-order valence-electron chi connectivity index (χ1n) is 8.06. The fraction of sp³-hybridized carbons (Fsp3) is 0.529. The van der Waals surface area contributed by atoms with Gasteiger partial charge in [0.1, 0.15) is 5.75 Å². The van der Waals surface area contributed by atoms with Crippen LogP contribution >= 0.6 is 23.2 Å². The van der Waals surface area contributed by atoms with Crippen LogP contribution in [0.4, 0.5) is 0 Å². The number of ether oxygens (including phenoxy) is 1. The Hall–Kier alpha value is -1.46. The van der Waals surface area contributed by atoms with Gasteiger partial charge in [0.05, 0.1) is 0 Å². The number of carbonyl (C=O) groups excluding carboxylic acids is 2. The molecule has 5 nitrogen and oxygen atoms in total. The smallest absolute Gasteiger partial charge is 0.263 e. The van der Waals surface area contributed by atoms with E-state index in [1.54, 1.807) is 36.1 Å². The van der Waals surface area contributed by atoms with Crippen LogP contribution in [0.2, 0.25) is 5.02 Å². The predicted molar refractivity (Wildman–Crippen MR) is 94.6 cm³/mol. The van der Waals surface area contributed by atoms with Crippen molar-refractivity contribution in [2.45, 2.75) is 38.3 Å². The number of nitrogens with one attached hydrogen (secondary N) is 1. The molecule has 1 aromatic carbocycles. The van der Waals surface area contributed by atoms with Crippen LogP contribution in [0.5, 0.6) is 5.75 Å². The van der Waals surface area contributed by atoms with Gasteiger partial charge in [-0.15, -0.1) is 11.6 Å². The van der Waals surface area contributed by atoms with Gasteiger partial charge in [0.2, 0.25) is 5.91 Å². The van der Waals surface area contributed by atoms with Gasteiger partial charge in [0, 0.05) is 36.5 Å². The van der Waals surface area contributed by atoms with Crippen LogP contribution < -0.4 is 10.1 Å². The molecular weight excluding hydrogens is 351 g/mol. The van der Waals surface area contributed by atoms with Crippen molar-refractivity contribution in [2.24, 2.45) is 0 Å². The van der Waals surface area contributed by atoms with Crippen LogP contribution in [0.1, 0.15) is 26.2 Å². The Balaban J connectivity index is 1.79. The van der Waals surface area contributed by atoms with Crippen LogP contribution in [0, 0.1) is 0 Å². The summed E-state index contributed by atoms with van der Waals surface area (Å²) in [6.45, 7) is 2.96. The van der Waals surface area contributed by atoms with Crippen LogP contribution in [-0.4, -0.2) is 47.8 Å². The fourth-order valence-corrected chi connectivity index (χ4v) is 2.95. The van der Waals surface area contributed by atoms with Crippen LogP contribution in [-0.2, 0) is 9.59 Å². The van der Waals surface area contributed by atoms with E-state index >= 15 is 0 Å². The second-order valence-electron chi connectivity index (χ2n) is 5.82. The molecule has 1 atom stereocenters. The number of hydrogen-bond donors (Lipinski definition) is 1. The minimum Gasteiger partial charge on any atom is -0.481 e. The molecule has 24 heavy (non-hydrogen) atoms. The molecule has 1 unspecified atom stereocenters. The summed E-state index contributed by atoms with van der Waals surface area (Å²) in [5.41, 5.74) is 0. The van der Waals surface area contributed by atoms with E-state index in [1.165, 1.54) is 0 Å². The molecular formula is C17H22Cl2N2O3. The van der Waals surface area contributed by atoms with Gasteiger partial charge >= 0.3 is 0 Å². The maximum Gasteiger partial charge on any atom is 0.263 e. The van der Waals surface area contributed by atoms with Crippen molar-refractivity contribution in [1.29, 1.82) is 0 Å². The van der Waals surface area contributed by atoms with E-state index in [2.05, 4.69) is 5.32 Å². The lowest BCUT2D eigenvalue weighted by Crippen LogP contribution is -2.49. The van der Waals surface area contributed by atoms with Crippen LogP contribution in [0.15, 0.2) is 24.3 Å². The summed E-state index contributed by atoms with van der Waals surface area (Å²) in [4.78, 5) is 25.8. The zero-order chi connectivity index (χ0) is 17.5. The molecule has 1 heterocycles. The highest BCUT2D eigenvalue weighted by atomic mass is 35.5. The second-order valence-corrected chi connectivity index (χ2v) is 6.63. The summed E-state index contributed by atoms with van der Waals surface area (Å²) in [7, 11) is 0. The zero-order valence-corrected chi connectivity index (χ0v) is 15.1. The normalized spacial score (nSPS) is 16.5. The molecule has 0 bridgehead atoms. The van der Waals surface area contributed by atoms with Crippen molar-refractivity contribution in [2.75, 3.05) is 19.0 Å². The number of carbonyl (C=O) groups is 2. The van der Waals surface area contributed by atoms with Crippen molar-refractivity contribution in [3.8, 4) is 5.75 Å². The first-order valence-corrected chi connectivity index (χ1v) is 8.97. The van der Waals surface area contributed by atoms with E-state index in [-0.39, 0.29) is 17.9 Å². The molecule has 2 rings (SSSR count). The van der Waals surface area contributed by atoms with E-state index in [0.29, 0.717) is 36.2 Å². The highest BCUT2D eigenvalue weighted by Gasteiger charge is 2.27. The Kier molecular flexibility index (Phi) is 7.18. The largest absolute Gasteiger partial charge is 0.481 e. The number of amides is 2. The number of hydrogen-bond acceptors (Lipinski definition) is 3. The molecule has 1 N–H and O–H groups in total. The van der Waals surface area contributed by atoms with Crippen molar-refractivity contribution >= 4 is 35.0 Å². The quantitative estimate of drug-likeness (QED) is 0.781. The van der Waals surface area contributed by atoms with Gasteiger partial charge in [0.15, 0.2) is 6.10 Å². The topological polar surface area (TPSA) is 58.6 Å². The van der Waals surface area contributed by atoms with E-state index in [0.717, 1.165) is 12.8 Å². The van der Waals surface area contributed by atoms with Gasteiger partial charge in [-0.25, -0.2) is 0 Å². The van der Waals surface area contributed by atoms with Gasteiger partial charge in [0.25, 0.3) is 5.91 Å². The first kappa shape index (κ1) is 18.9. The summed E-state index contributed by atoms with van der Waals surface area (Å²) in [5.74, 6) is 0.857. The third-order valence-corrected chi connectivity index (χ3v) is 4.41. The molecule has 0 saturated carbocycles. The third kappa shape index (κ3) is 5.56. The fourth-order valence-electron chi connectivity index (χ4n) is 2.65. The van der Waals surface area contributed by atoms with E-state index in [9.17, 15) is 9.59 Å². The Labute approximate surface area is 152 Å². The SMILES string of the molecule is CC(Oc1ccc(Cl)cc1)C(=O)N1CCC(NC(=O)CCCl)CC1. The maximum absolute atomic E-state index is 12.5. The lowest BCUT2D eigenvalue weighted by Gasteiger charge is -2.33. The summed E-state index contributed by atoms with van der Waals surface area (Å²) in [5, 5.41) is 3.57. The van der Waals surface area contributed by atoms with Gasteiger partial charge in [-0.2, -0.15) is 0 Å². The van der Waals surface area contributed by atoms with Crippen molar-refractivity contribution in [3.63, 3.8) is 0 Å². The molecule has 2 amide bonds. The minimum absolute atomic E-state index is 0.0331. The second kappa shape index (κ2) is 9.14. The van der Waals surface area contributed by atoms with Crippen molar-refractivity contribution in [3.05, 3.63) is 29.3 Å². The molecule has 0 aliphatic carbocycles. The lowest BCUT2D eigenvalue weighted by molar-refractivity contribution is -0.139. The molecule has 0 spiro atoms. The van der Waals surface area contributed by atoms with E-state index in [4.69, 9.17) is 27.9 Å². The Morgan fingerprint density at radius 2 is 1.92 bits per heavy atom.